The lowest BCUT2D eigenvalue weighted by atomic mass is 9.95. The summed E-state index contributed by atoms with van der Waals surface area (Å²) < 4.78 is 5.00. The van der Waals surface area contributed by atoms with Crippen LogP contribution in [0.3, 0.4) is 0 Å². The van der Waals surface area contributed by atoms with Crippen molar-refractivity contribution in [2.45, 2.75) is 32.6 Å². The first kappa shape index (κ1) is 20.9. The number of anilines is 2. The van der Waals surface area contributed by atoms with Crippen molar-refractivity contribution in [3.8, 4) is 0 Å². The molecule has 2 N–H and O–H groups in total. The van der Waals surface area contributed by atoms with Crippen molar-refractivity contribution in [2.75, 3.05) is 50.1 Å². The molecule has 0 bridgehead atoms. The average molecular weight is 429 g/mol. The zero-order valence-corrected chi connectivity index (χ0v) is 18.6. The molecule has 1 fully saturated rings. The van der Waals surface area contributed by atoms with E-state index < -0.39 is 0 Å². The first-order valence-electron chi connectivity index (χ1n) is 10.7. The first-order valence-corrected chi connectivity index (χ1v) is 11.6. The minimum Gasteiger partial charge on any atom is -0.465 e. The second-order valence-electron chi connectivity index (χ2n) is 8.16. The second-order valence-corrected chi connectivity index (χ2v) is 9.26. The molecule has 2 aromatic rings. The van der Waals surface area contributed by atoms with Gasteiger partial charge in [-0.15, -0.1) is 11.3 Å². The Kier molecular flexibility index (Phi) is 6.39. The van der Waals surface area contributed by atoms with E-state index in [2.05, 4.69) is 41.4 Å². The number of aryl methyl sites for hydroxylation is 2. The SMILES string of the molecule is COC(=O)c1c(NC(=O)C[NH+]2CCN(c3ccccc3C)CC2)sc2c1CCCC2. The van der Waals surface area contributed by atoms with Gasteiger partial charge in [0.1, 0.15) is 5.00 Å². The molecule has 1 aliphatic heterocycles. The van der Waals surface area contributed by atoms with Gasteiger partial charge in [0.2, 0.25) is 0 Å². The van der Waals surface area contributed by atoms with Crippen LogP contribution in [0.1, 0.15) is 39.2 Å². The Morgan fingerprint density at radius 3 is 2.63 bits per heavy atom. The Morgan fingerprint density at radius 2 is 1.90 bits per heavy atom. The third-order valence-corrected chi connectivity index (χ3v) is 7.36. The number of nitrogens with zero attached hydrogens (tertiary/aromatic N) is 1. The van der Waals surface area contributed by atoms with Gasteiger partial charge < -0.3 is 19.9 Å². The minimum absolute atomic E-state index is 0.0295. The Morgan fingerprint density at radius 1 is 1.17 bits per heavy atom. The molecule has 6 nitrogen and oxygen atoms in total. The predicted molar refractivity (Wildman–Crippen MR) is 120 cm³/mol. The molecule has 0 saturated carbocycles. The monoisotopic (exact) mass is 428 g/mol. The summed E-state index contributed by atoms with van der Waals surface area (Å²) in [5.41, 5.74) is 4.22. The fourth-order valence-electron chi connectivity index (χ4n) is 4.53. The van der Waals surface area contributed by atoms with E-state index in [-0.39, 0.29) is 11.9 Å². The standard InChI is InChI=1S/C23H29N3O3S/c1-16-7-3-5-9-18(16)26-13-11-25(12-14-26)15-20(27)24-22-21(23(28)29-2)17-8-4-6-10-19(17)30-22/h3,5,7,9H,4,6,8,10-15H2,1-2H3,(H,24,27)/p+1. The maximum absolute atomic E-state index is 12.8. The van der Waals surface area contributed by atoms with Gasteiger partial charge in [-0.3, -0.25) is 4.79 Å². The number of quaternary nitrogens is 1. The maximum Gasteiger partial charge on any atom is 0.341 e. The highest BCUT2D eigenvalue weighted by Gasteiger charge is 2.28. The fourth-order valence-corrected chi connectivity index (χ4v) is 5.82. The smallest absolute Gasteiger partial charge is 0.341 e. The molecule has 1 amide bonds. The van der Waals surface area contributed by atoms with Crippen molar-refractivity contribution >= 4 is 33.9 Å². The minimum atomic E-state index is -0.344. The molecule has 0 atom stereocenters. The van der Waals surface area contributed by atoms with Crippen LogP contribution in [0.15, 0.2) is 24.3 Å². The third kappa shape index (κ3) is 4.37. The van der Waals surface area contributed by atoms with Crippen LogP contribution in [-0.2, 0) is 22.4 Å². The van der Waals surface area contributed by atoms with E-state index in [4.69, 9.17) is 4.74 Å². The highest BCUT2D eigenvalue weighted by Crippen LogP contribution is 2.38. The number of hydrogen-bond acceptors (Lipinski definition) is 5. The molecule has 1 aromatic heterocycles. The molecule has 0 unspecified atom stereocenters. The zero-order chi connectivity index (χ0) is 21.1. The van der Waals surface area contributed by atoms with Crippen LogP contribution >= 0.6 is 11.3 Å². The lowest BCUT2D eigenvalue weighted by molar-refractivity contribution is -0.892. The van der Waals surface area contributed by atoms with Gasteiger partial charge in [0.15, 0.2) is 6.54 Å². The molecule has 2 aliphatic rings. The number of amides is 1. The van der Waals surface area contributed by atoms with Crippen molar-refractivity contribution in [3.05, 3.63) is 45.8 Å². The number of thiophene rings is 1. The van der Waals surface area contributed by atoms with Crippen LogP contribution < -0.4 is 15.1 Å². The molecule has 4 rings (SSSR count). The van der Waals surface area contributed by atoms with Gasteiger partial charge in [-0.25, -0.2) is 4.79 Å². The molecular weight excluding hydrogens is 398 g/mol. The van der Waals surface area contributed by atoms with Crippen LogP contribution in [0.2, 0.25) is 0 Å². The average Bonchev–Trinajstić information content (AvgIpc) is 3.12. The van der Waals surface area contributed by atoms with Gasteiger partial charge in [0.05, 0.1) is 38.9 Å². The Bertz CT molecular complexity index is 932. The number of para-hydroxylation sites is 1. The Balaban J connectivity index is 1.37. The highest BCUT2D eigenvalue weighted by molar-refractivity contribution is 7.17. The van der Waals surface area contributed by atoms with Crippen molar-refractivity contribution < 1.29 is 19.2 Å². The van der Waals surface area contributed by atoms with E-state index in [0.29, 0.717) is 17.1 Å². The van der Waals surface area contributed by atoms with E-state index >= 15 is 0 Å². The van der Waals surface area contributed by atoms with Crippen LogP contribution in [0.4, 0.5) is 10.7 Å². The lowest BCUT2D eigenvalue weighted by Gasteiger charge is -2.34. The summed E-state index contributed by atoms with van der Waals surface area (Å²) in [6.45, 7) is 6.29. The molecule has 160 valence electrons. The number of ether oxygens (including phenoxy) is 1. The number of carbonyl (C=O) groups is 2. The van der Waals surface area contributed by atoms with Crippen molar-refractivity contribution in [1.82, 2.24) is 0 Å². The van der Waals surface area contributed by atoms with Gasteiger partial charge in [-0.05, 0) is 49.8 Å². The molecule has 1 aromatic carbocycles. The molecule has 30 heavy (non-hydrogen) atoms. The molecular formula is C23H30N3O3S+. The van der Waals surface area contributed by atoms with Crippen molar-refractivity contribution in [2.24, 2.45) is 0 Å². The number of piperazine rings is 1. The largest absolute Gasteiger partial charge is 0.465 e. The van der Waals surface area contributed by atoms with E-state index in [1.165, 1.54) is 28.1 Å². The summed E-state index contributed by atoms with van der Waals surface area (Å²) >= 11 is 1.55. The Hall–Kier alpha value is -2.38. The number of hydrogen-bond donors (Lipinski definition) is 2. The summed E-state index contributed by atoms with van der Waals surface area (Å²) in [6.07, 6.45) is 4.08. The third-order valence-electron chi connectivity index (χ3n) is 6.15. The van der Waals surface area contributed by atoms with Gasteiger partial charge in [0.25, 0.3) is 5.91 Å². The number of benzene rings is 1. The van der Waals surface area contributed by atoms with Crippen LogP contribution in [0, 0.1) is 6.92 Å². The van der Waals surface area contributed by atoms with E-state index in [0.717, 1.165) is 57.4 Å². The maximum atomic E-state index is 12.8. The van der Waals surface area contributed by atoms with E-state index in [9.17, 15) is 9.59 Å². The number of nitrogens with one attached hydrogen (secondary N) is 2. The normalized spacial score (nSPS) is 16.8. The molecule has 1 saturated heterocycles. The summed E-state index contributed by atoms with van der Waals surface area (Å²) in [5, 5.41) is 3.69. The number of rotatable bonds is 5. The topological polar surface area (TPSA) is 63.1 Å². The summed E-state index contributed by atoms with van der Waals surface area (Å²) in [7, 11) is 1.40. The van der Waals surface area contributed by atoms with Crippen molar-refractivity contribution in [1.29, 1.82) is 0 Å². The van der Waals surface area contributed by atoms with Gasteiger partial charge >= 0.3 is 5.97 Å². The van der Waals surface area contributed by atoms with Crippen LogP contribution in [0.25, 0.3) is 0 Å². The summed E-state index contributed by atoms with van der Waals surface area (Å²) in [6, 6.07) is 8.45. The highest BCUT2D eigenvalue weighted by atomic mass is 32.1. The van der Waals surface area contributed by atoms with E-state index in [1.807, 2.05) is 0 Å². The molecule has 0 spiro atoms. The Labute approximate surface area is 181 Å². The van der Waals surface area contributed by atoms with Gasteiger partial charge in [-0.1, -0.05) is 18.2 Å². The van der Waals surface area contributed by atoms with Crippen molar-refractivity contribution in [3.63, 3.8) is 0 Å². The van der Waals surface area contributed by atoms with Gasteiger partial charge in [-0.2, -0.15) is 0 Å². The van der Waals surface area contributed by atoms with Crippen LogP contribution in [0.5, 0.6) is 0 Å². The quantitative estimate of drug-likeness (QED) is 0.716. The first-order chi connectivity index (χ1) is 14.6. The lowest BCUT2D eigenvalue weighted by Crippen LogP contribution is -3.15. The summed E-state index contributed by atoms with van der Waals surface area (Å²) in [4.78, 5) is 30.0. The fraction of sp³-hybridized carbons (Fsp3) is 0.478. The van der Waals surface area contributed by atoms with Crippen LogP contribution in [-0.4, -0.2) is 51.7 Å². The van der Waals surface area contributed by atoms with E-state index in [1.54, 1.807) is 11.3 Å². The number of esters is 1. The second kappa shape index (κ2) is 9.18. The molecule has 7 heteroatoms. The van der Waals surface area contributed by atoms with Gasteiger partial charge in [0, 0.05) is 10.6 Å². The molecule has 2 heterocycles. The number of fused-ring (bicyclic) bond motifs is 1. The predicted octanol–water partition coefficient (Wildman–Crippen LogP) is 2.07. The molecule has 0 radical (unpaired) electrons. The zero-order valence-electron chi connectivity index (χ0n) is 17.8. The number of carbonyl (C=O) groups excluding carboxylic acids is 2. The molecule has 1 aliphatic carbocycles. The number of methoxy groups -OCH3 is 1. The summed E-state index contributed by atoms with van der Waals surface area (Å²) in [5.74, 6) is -0.373.